The number of aromatic nitrogens is 2. The molecule has 0 aliphatic heterocycles. The molecule has 6 aromatic carbocycles. The second-order valence-electron chi connectivity index (χ2n) is 14.0. The Bertz CT molecular complexity index is 2700. The summed E-state index contributed by atoms with van der Waals surface area (Å²) >= 11 is 0. The molecule has 1 spiro atoms. The topological polar surface area (TPSA) is 71.9 Å². The van der Waals surface area contributed by atoms with Gasteiger partial charge < -0.3 is 9.15 Å². The number of nitrogens with zero attached hydrogens (tertiary/aromatic N) is 3. The first-order chi connectivity index (χ1) is 25.7. The average Bonchev–Trinajstić information content (AvgIpc) is 3.71. The lowest BCUT2D eigenvalue weighted by atomic mass is 9.66. The van der Waals surface area contributed by atoms with Crippen LogP contribution in [0.25, 0.3) is 66.8 Å². The Balaban J connectivity index is 1.09. The lowest BCUT2D eigenvalue weighted by Gasteiger charge is -2.37. The fourth-order valence-corrected chi connectivity index (χ4v) is 8.67. The summed E-state index contributed by atoms with van der Waals surface area (Å²) in [5, 5.41) is 11.4. The monoisotopic (exact) mass is 671 g/mol. The Morgan fingerprint density at radius 1 is 0.635 bits per heavy atom. The fourth-order valence-electron chi connectivity index (χ4n) is 8.67. The molecule has 1 saturated carbocycles. The van der Waals surface area contributed by atoms with Crippen LogP contribution in [0.2, 0.25) is 0 Å². The first-order valence-electron chi connectivity index (χ1n) is 18.0. The molecular formula is C47H33N3O2. The number of nitriles is 1. The third-order valence-electron chi connectivity index (χ3n) is 11.0. The molecule has 0 saturated heterocycles. The standard InChI is InChI=1S/C47H33N3O2/c48-28-30-16-18-31(19-17-30)46-49-29-43(51-34-10-3-1-4-11-34)45(50-46)33-20-22-37-39-26-32(21-23-41(39)52-42(37)27-33)35-13-9-14-38-36-12-5-6-15-40(36)47(44(35)38)24-7-2-8-25-47/h1,3-6,9-23,26-27,29H,2,7-8,24-25H2. The van der Waals surface area contributed by atoms with Gasteiger partial charge in [0.1, 0.15) is 22.6 Å². The highest BCUT2D eigenvalue weighted by Gasteiger charge is 2.45. The van der Waals surface area contributed by atoms with Crippen molar-refractivity contribution in [2.45, 2.75) is 37.5 Å². The molecule has 2 aliphatic carbocycles. The molecule has 0 radical (unpaired) electrons. The minimum Gasteiger partial charge on any atom is -0.456 e. The zero-order valence-corrected chi connectivity index (χ0v) is 28.5. The molecule has 2 aliphatic rings. The van der Waals surface area contributed by atoms with E-state index < -0.39 is 0 Å². The maximum absolute atomic E-state index is 9.30. The van der Waals surface area contributed by atoms with E-state index in [0.717, 1.165) is 33.1 Å². The predicted molar refractivity (Wildman–Crippen MR) is 206 cm³/mol. The summed E-state index contributed by atoms with van der Waals surface area (Å²) in [6.45, 7) is 0. The van der Waals surface area contributed by atoms with E-state index in [1.807, 2.05) is 48.5 Å². The van der Waals surface area contributed by atoms with Gasteiger partial charge in [0.15, 0.2) is 11.6 Å². The molecule has 52 heavy (non-hydrogen) atoms. The molecule has 0 N–H and O–H groups in total. The van der Waals surface area contributed by atoms with Gasteiger partial charge in [-0.05, 0) is 107 Å². The largest absolute Gasteiger partial charge is 0.456 e. The van der Waals surface area contributed by atoms with Gasteiger partial charge in [-0.25, -0.2) is 9.97 Å². The summed E-state index contributed by atoms with van der Waals surface area (Å²) in [4.78, 5) is 9.66. The predicted octanol–water partition coefficient (Wildman–Crippen LogP) is 12.3. The van der Waals surface area contributed by atoms with Crippen LogP contribution in [0.15, 0.2) is 144 Å². The Labute approximate surface area is 301 Å². The second-order valence-corrected chi connectivity index (χ2v) is 14.0. The van der Waals surface area contributed by atoms with Gasteiger partial charge in [-0.2, -0.15) is 5.26 Å². The van der Waals surface area contributed by atoms with Crippen molar-refractivity contribution in [1.82, 2.24) is 9.97 Å². The van der Waals surface area contributed by atoms with E-state index in [-0.39, 0.29) is 5.41 Å². The summed E-state index contributed by atoms with van der Waals surface area (Å²) in [5.41, 5.74) is 12.9. The molecule has 5 heteroatoms. The van der Waals surface area contributed by atoms with Gasteiger partial charge in [-0.3, -0.25) is 0 Å². The van der Waals surface area contributed by atoms with Gasteiger partial charge in [0, 0.05) is 27.3 Å². The Morgan fingerprint density at radius 3 is 2.23 bits per heavy atom. The average molecular weight is 672 g/mol. The number of rotatable bonds is 5. The molecule has 248 valence electrons. The van der Waals surface area contributed by atoms with Crippen molar-refractivity contribution in [1.29, 1.82) is 5.26 Å². The molecule has 0 bridgehead atoms. The van der Waals surface area contributed by atoms with Crippen molar-refractivity contribution in [3.63, 3.8) is 0 Å². The maximum Gasteiger partial charge on any atom is 0.172 e. The van der Waals surface area contributed by atoms with Gasteiger partial charge in [0.25, 0.3) is 0 Å². The number of benzene rings is 6. The summed E-state index contributed by atoms with van der Waals surface area (Å²) in [6, 6.07) is 48.0. The van der Waals surface area contributed by atoms with E-state index >= 15 is 0 Å². The second kappa shape index (κ2) is 12.1. The van der Waals surface area contributed by atoms with Crippen molar-refractivity contribution in [2.75, 3.05) is 0 Å². The number of hydrogen-bond acceptors (Lipinski definition) is 5. The van der Waals surface area contributed by atoms with E-state index in [4.69, 9.17) is 14.1 Å². The Morgan fingerprint density at radius 2 is 1.38 bits per heavy atom. The van der Waals surface area contributed by atoms with Gasteiger partial charge in [-0.15, -0.1) is 0 Å². The van der Waals surface area contributed by atoms with E-state index in [0.29, 0.717) is 28.6 Å². The lowest BCUT2D eigenvalue weighted by Crippen LogP contribution is -2.28. The summed E-state index contributed by atoms with van der Waals surface area (Å²) < 4.78 is 12.9. The number of para-hydroxylation sites is 1. The van der Waals surface area contributed by atoms with E-state index in [1.165, 1.54) is 65.5 Å². The van der Waals surface area contributed by atoms with Crippen LogP contribution in [-0.2, 0) is 5.41 Å². The number of fused-ring (bicyclic) bond motifs is 8. The van der Waals surface area contributed by atoms with Crippen LogP contribution < -0.4 is 4.74 Å². The minimum atomic E-state index is 0.0662. The molecule has 0 amide bonds. The van der Waals surface area contributed by atoms with Crippen LogP contribution in [0.4, 0.5) is 0 Å². The Kier molecular flexibility index (Phi) is 7.04. The third-order valence-corrected chi connectivity index (χ3v) is 11.0. The first-order valence-corrected chi connectivity index (χ1v) is 18.0. The molecular weight excluding hydrogens is 639 g/mol. The van der Waals surface area contributed by atoms with E-state index in [9.17, 15) is 5.26 Å². The van der Waals surface area contributed by atoms with Crippen molar-refractivity contribution in [3.05, 3.63) is 156 Å². The summed E-state index contributed by atoms with van der Waals surface area (Å²) in [7, 11) is 0. The van der Waals surface area contributed by atoms with Crippen LogP contribution in [0.1, 0.15) is 48.8 Å². The zero-order chi connectivity index (χ0) is 34.6. The number of ether oxygens (including phenoxy) is 1. The first kappa shape index (κ1) is 30.3. The van der Waals surface area contributed by atoms with Crippen LogP contribution in [0, 0.1) is 11.3 Å². The van der Waals surface area contributed by atoms with Gasteiger partial charge in [0.2, 0.25) is 0 Å². The van der Waals surface area contributed by atoms with Crippen molar-refractivity contribution >= 4 is 21.9 Å². The van der Waals surface area contributed by atoms with E-state index in [1.54, 1.807) is 18.3 Å². The Hall–Kier alpha value is -6.51. The van der Waals surface area contributed by atoms with Gasteiger partial charge in [0.05, 0.1) is 17.8 Å². The van der Waals surface area contributed by atoms with Crippen LogP contribution in [-0.4, -0.2) is 9.97 Å². The summed E-state index contributed by atoms with van der Waals surface area (Å²) in [6.07, 6.45) is 7.93. The highest BCUT2D eigenvalue weighted by atomic mass is 16.5. The number of furan rings is 1. The maximum atomic E-state index is 9.30. The zero-order valence-electron chi connectivity index (χ0n) is 28.5. The van der Waals surface area contributed by atoms with E-state index in [2.05, 4.69) is 83.8 Å². The quantitative estimate of drug-likeness (QED) is 0.182. The number of hydrogen-bond donors (Lipinski definition) is 0. The van der Waals surface area contributed by atoms with Crippen molar-refractivity contribution < 1.29 is 9.15 Å². The molecule has 5 nitrogen and oxygen atoms in total. The molecule has 0 unspecified atom stereocenters. The lowest BCUT2D eigenvalue weighted by molar-refractivity contribution is 0.353. The normalized spacial score (nSPS) is 14.3. The smallest absolute Gasteiger partial charge is 0.172 e. The van der Waals surface area contributed by atoms with Crippen LogP contribution in [0.5, 0.6) is 11.5 Å². The van der Waals surface area contributed by atoms with Gasteiger partial charge >= 0.3 is 0 Å². The molecule has 2 aromatic heterocycles. The van der Waals surface area contributed by atoms with Crippen LogP contribution >= 0.6 is 0 Å². The summed E-state index contributed by atoms with van der Waals surface area (Å²) in [5.74, 6) is 1.78. The van der Waals surface area contributed by atoms with Crippen molar-refractivity contribution in [2.24, 2.45) is 0 Å². The SMILES string of the molecule is N#Cc1ccc(-c2ncc(Oc3ccccc3)c(-c3ccc4c(c3)oc3ccc(-c5cccc6c5C5(CCCCC5)c5ccccc5-6)cc34)n2)cc1. The highest BCUT2D eigenvalue weighted by molar-refractivity contribution is 6.07. The van der Waals surface area contributed by atoms with Crippen LogP contribution in [0.3, 0.4) is 0 Å². The molecule has 10 rings (SSSR count). The highest BCUT2D eigenvalue weighted by Crippen LogP contribution is 2.58. The third kappa shape index (κ3) is 4.83. The molecule has 2 heterocycles. The molecule has 1 fully saturated rings. The fraction of sp³-hybridized carbons (Fsp3) is 0.128. The van der Waals surface area contributed by atoms with Crippen molar-refractivity contribution in [3.8, 4) is 62.5 Å². The minimum absolute atomic E-state index is 0.0662. The molecule has 0 atom stereocenters. The van der Waals surface area contributed by atoms with Gasteiger partial charge in [-0.1, -0.05) is 92.1 Å². The molecule has 8 aromatic rings.